The molecule has 0 spiro atoms. The molecule has 3 N–H and O–H groups in total. The Kier molecular flexibility index (Phi) is 6.62. The van der Waals surface area contributed by atoms with E-state index in [0.717, 1.165) is 18.2 Å². The molecule has 7 nitrogen and oxygen atoms in total. The molecule has 40 heavy (non-hydrogen) atoms. The minimum atomic E-state index is -4.70. The molecule has 206 valence electrons. The third-order valence-electron chi connectivity index (χ3n) is 6.22. The van der Waals surface area contributed by atoms with E-state index >= 15 is 0 Å². The molecule has 1 amide bonds. The van der Waals surface area contributed by atoms with Crippen LogP contribution < -0.4 is 11.1 Å². The Morgan fingerprint density at radius 3 is 2.27 bits per heavy atom. The summed E-state index contributed by atoms with van der Waals surface area (Å²) in [6.45, 7) is 0. The number of nitrogens with one attached hydrogen (secondary N) is 1. The second-order valence-corrected chi connectivity index (χ2v) is 8.98. The van der Waals surface area contributed by atoms with Crippen molar-refractivity contribution in [1.82, 2.24) is 19.6 Å². The number of amides is 1. The van der Waals surface area contributed by atoms with Crippen molar-refractivity contribution in [2.24, 2.45) is 12.8 Å². The van der Waals surface area contributed by atoms with E-state index < -0.39 is 29.9 Å². The zero-order chi connectivity index (χ0) is 28.8. The van der Waals surface area contributed by atoms with E-state index in [1.807, 2.05) is 0 Å². The summed E-state index contributed by atoms with van der Waals surface area (Å²) in [6, 6.07) is 14.3. The fraction of sp³-hybridized carbons (Fsp3) is 0.148. The van der Waals surface area contributed by atoms with Crippen molar-refractivity contribution in [2.45, 2.75) is 18.4 Å². The predicted molar refractivity (Wildman–Crippen MR) is 136 cm³/mol. The lowest BCUT2D eigenvalue weighted by atomic mass is 10.0. The number of rotatable bonds is 5. The van der Waals surface area contributed by atoms with Gasteiger partial charge in [0.25, 0.3) is 5.91 Å². The average Bonchev–Trinajstić information content (AvgIpc) is 3.50. The molecule has 3 aromatic carbocycles. The first-order chi connectivity index (χ1) is 18.8. The van der Waals surface area contributed by atoms with Gasteiger partial charge in [-0.05, 0) is 54.1 Å². The van der Waals surface area contributed by atoms with Crippen molar-refractivity contribution in [3.63, 3.8) is 0 Å². The van der Waals surface area contributed by atoms with Crippen LogP contribution in [0.4, 0.5) is 32.2 Å². The Hall–Kier alpha value is -4.65. The van der Waals surface area contributed by atoms with Crippen LogP contribution in [0.25, 0.3) is 27.8 Å². The van der Waals surface area contributed by atoms with Crippen molar-refractivity contribution < 1.29 is 31.1 Å². The Bertz CT molecular complexity index is 1700. The van der Waals surface area contributed by atoms with Gasteiger partial charge in [-0.25, -0.2) is 4.68 Å². The van der Waals surface area contributed by atoms with Gasteiger partial charge in [0.2, 0.25) is 0 Å². The summed E-state index contributed by atoms with van der Waals surface area (Å²) in [5, 5.41) is 11.4. The van der Waals surface area contributed by atoms with E-state index in [9.17, 15) is 31.1 Å². The number of para-hydroxylation sites is 1. The zero-order valence-corrected chi connectivity index (χ0v) is 20.6. The molecular weight excluding hydrogens is 538 g/mol. The molecule has 0 saturated heterocycles. The lowest BCUT2D eigenvalue weighted by Crippen LogP contribution is -2.28. The smallest absolute Gasteiger partial charge is 0.316 e. The average molecular weight is 558 g/mol. The largest absolute Gasteiger partial charge is 0.417 e. The maximum Gasteiger partial charge on any atom is 0.417 e. The van der Waals surface area contributed by atoms with Crippen molar-refractivity contribution >= 4 is 22.6 Å². The number of halogens is 6. The highest BCUT2D eigenvalue weighted by Gasteiger charge is 2.38. The first-order valence-electron chi connectivity index (χ1n) is 11.8. The summed E-state index contributed by atoms with van der Waals surface area (Å²) in [6.07, 6.45) is -7.90. The molecule has 2 heterocycles. The first-order valence-corrected chi connectivity index (χ1v) is 11.8. The molecule has 13 heteroatoms. The number of nitrogens with two attached hydrogens (primary N) is 1. The Morgan fingerprint density at radius 2 is 1.65 bits per heavy atom. The van der Waals surface area contributed by atoms with Gasteiger partial charge in [-0.2, -0.15) is 36.5 Å². The number of benzene rings is 3. The van der Waals surface area contributed by atoms with Gasteiger partial charge < -0.3 is 11.1 Å². The molecule has 0 bridgehead atoms. The van der Waals surface area contributed by atoms with Crippen molar-refractivity contribution in [3.05, 3.63) is 95.7 Å². The van der Waals surface area contributed by atoms with E-state index in [4.69, 9.17) is 5.73 Å². The van der Waals surface area contributed by atoms with Gasteiger partial charge >= 0.3 is 12.4 Å². The summed E-state index contributed by atoms with van der Waals surface area (Å²) in [7, 11) is 1.55. The molecule has 0 aliphatic heterocycles. The maximum absolute atomic E-state index is 13.7. The van der Waals surface area contributed by atoms with Gasteiger partial charge in [-0.3, -0.25) is 9.48 Å². The fourth-order valence-corrected chi connectivity index (χ4v) is 4.25. The minimum Gasteiger partial charge on any atom is -0.316 e. The first kappa shape index (κ1) is 26.9. The Balaban J connectivity index is 1.59. The van der Waals surface area contributed by atoms with Gasteiger partial charge in [0, 0.05) is 29.8 Å². The second-order valence-electron chi connectivity index (χ2n) is 8.98. The molecule has 0 aliphatic carbocycles. The summed E-state index contributed by atoms with van der Waals surface area (Å²) >= 11 is 0. The number of alkyl halides is 6. The fourth-order valence-electron chi connectivity index (χ4n) is 4.25. The van der Waals surface area contributed by atoms with Crippen LogP contribution in [0.3, 0.4) is 0 Å². The van der Waals surface area contributed by atoms with E-state index in [1.54, 1.807) is 37.4 Å². The van der Waals surface area contributed by atoms with Crippen LogP contribution >= 0.6 is 0 Å². The van der Waals surface area contributed by atoms with Gasteiger partial charge in [-0.15, -0.1) is 0 Å². The van der Waals surface area contributed by atoms with Gasteiger partial charge in [0.05, 0.1) is 22.5 Å². The van der Waals surface area contributed by atoms with Gasteiger partial charge in [0.1, 0.15) is 11.9 Å². The summed E-state index contributed by atoms with van der Waals surface area (Å²) < 4.78 is 83.5. The van der Waals surface area contributed by atoms with E-state index in [1.165, 1.54) is 39.8 Å². The number of aryl methyl sites for hydroxylation is 1. The van der Waals surface area contributed by atoms with Gasteiger partial charge in [-0.1, -0.05) is 24.3 Å². The van der Waals surface area contributed by atoms with Crippen LogP contribution in [0, 0.1) is 0 Å². The predicted octanol–water partition coefficient (Wildman–Crippen LogP) is 6.26. The number of hydrogen-bond donors (Lipinski definition) is 2. The second kappa shape index (κ2) is 9.83. The molecule has 0 fully saturated rings. The molecule has 5 aromatic rings. The SMILES string of the molecule is Cn1ccc(-c2cc(C(=O)Nc3c4ccc([C@@H](N)C(F)(F)F)cc4nn3-c3ccccc3)ccc2C(F)(F)F)n1. The molecule has 5 rings (SSSR count). The zero-order valence-electron chi connectivity index (χ0n) is 20.6. The van der Waals surface area contributed by atoms with Gasteiger partial charge in [0.15, 0.2) is 0 Å². The molecule has 0 saturated carbocycles. The molecular formula is C27H20F6N6O. The van der Waals surface area contributed by atoms with Crippen LogP contribution in [-0.2, 0) is 13.2 Å². The topological polar surface area (TPSA) is 90.8 Å². The van der Waals surface area contributed by atoms with E-state index in [0.29, 0.717) is 11.1 Å². The monoisotopic (exact) mass is 558 g/mol. The lowest BCUT2D eigenvalue weighted by Gasteiger charge is -2.15. The third kappa shape index (κ3) is 5.15. The van der Waals surface area contributed by atoms with Crippen LogP contribution in [0.5, 0.6) is 0 Å². The number of fused-ring (bicyclic) bond motifs is 1. The molecule has 0 radical (unpaired) electrons. The standard InChI is InChI=1S/C27H20F6N6O/c1-38-12-11-21(36-38)19-13-16(8-10-20(19)26(28,29)30)25(40)35-24-18-9-7-15(23(34)27(31,32)33)14-22(18)37-39(24)17-5-3-2-4-6-17/h2-14,23H,34H2,1H3,(H,35,40)/t23-/m1/s1. The Morgan fingerprint density at radius 1 is 0.925 bits per heavy atom. The van der Waals surface area contributed by atoms with Crippen molar-refractivity contribution in [2.75, 3.05) is 5.32 Å². The minimum absolute atomic E-state index is 0.0257. The van der Waals surface area contributed by atoms with Crippen LogP contribution in [0.15, 0.2) is 79.0 Å². The van der Waals surface area contributed by atoms with Crippen LogP contribution in [-0.4, -0.2) is 31.6 Å². The number of anilines is 1. The number of carbonyl (C=O) groups excluding carboxylic acids is 1. The number of aromatic nitrogens is 4. The number of carbonyl (C=O) groups is 1. The van der Waals surface area contributed by atoms with E-state index in [-0.39, 0.29) is 33.7 Å². The summed E-state index contributed by atoms with van der Waals surface area (Å²) in [4.78, 5) is 13.4. The normalized spacial score (nSPS) is 13.0. The quantitative estimate of drug-likeness (QED) is 0.249. The highest BCUT2D eigenvalue weighted by atomic mass is 19.4. The van der Waals surface area contributed by atoms with Crippen molar-refractivity contribution in [3.8, 4) is 16.9 Å². The molecule has 1 atom stereocenters. The Labute approximate surface area is 222 Å². The molecule has 0 unspecified atom stereocenters. The lowest BCUT2D eigenvalue weighted by molar-refractivity contribution is -0.149. The van der Waals surface area contributed by atoms with Crippen LogP contribution in [0.2, 0.25) is 0 Å². The molecule has 2 aromatic heterocycles. The maximum atomic E-state index is 13.7. The highest BCUT2D eigenvalue weighted by Crippen LogP contribution is 2.38. The number of hydrogen-bond acceptors (Lipinski definition) is 4. The number of nitrogens with zero attached hydrogens (tertiary/aromatic N) is 4. The highest BCUT2D eigenvalue weighted by molar-refractivity contribution is 6.09. The van der Waals surface area contributed by atoms with E-state index in [2.05, 4.69) is 15.5 Å². The molecule has 0 aliphatic rings. The summed E-state index contributed by atoms with van der Waals surface area (Å²) in [5.74, 6) is -0.654. The van der Waals surface area contributed by atoms with Crippen molar-refractivity contribution in [1.29, 1.82) is 0 Å². The van der Waals surface area contributed by atoms with Crippen LogP contribution in [0.1, 0.15) is 27.5 Å². The third-order valence-corrected chi connectivity index (χ3v) is 6.22. The summed E-state index contributed by atoms with van der Waals surface area (Å²) in [5.41, 5.74) is 4.43.